The van der Waals surface area contributed by atoms with Crippen molar-refractivity contribution in [1.82, 2.24) is 10.1 Å². The molecule has 1 aliphatic rings. The van der Waals surface area contributed by atoms with Gasteiger partial charge in [0.15, 0.2) is 5.69 Å². The molecule has 0 aromatic carbocycles. The molecule has 2 heterocycles. The van der Waals surface area contributed by atoms with Gasteiger partial charge in [0.1, 0.15) is 5.76 Å². The maximum Gasteiger partial charge on any atom is 0.276 e. The smallest absolute Gasteiger partial charge is 0.276 e. The van der Waals surface area contributed by atoms with Gasteiger partial charge in [-0.25, -0.2) is 0 Å². The van der Waals surface area contributed by atoms with Crippen molar-refractivity contribution in [2.24, 2.45) is 5.92 Å². The van der Waals surface area contributed by atoms with E-state index in [1.807, 2.05) is 11.8 Å². The number of aromatic nitrogens is 1. The van der Waals surface area contributed by atoms with Crippen LogP contribution in [0.3, 0.4) is 0 Å². The van der Waals surface area contributed by atoms with E-state index in [0.717, 1.165) is 25.9 Å². The molecular weight excluding hydrogens is 240 g/mol. The number of alkyl halides is 1. The predicted octanol–water partition coefficient (Wildman–Crippen LogP) is 2.46. The van der Waals surface area contributed by atoms with Crippen molar-refractivity contribution in [3.05, 3.63) is 17.5 Å². The number of amides is 1. The molecule has 1 aliphatic heterocycles. The maximum atomic E-state index is 12.1. The van der Waals surface area contributed by atoms with Crippen LogP contribution in [0.1, 0.15) is 36.0 Å². The van der Waals surface area contributed by atoms with Crippen molar-refractivity contribution >= 4 is 17.5 Å². The molecule has 0 bridgehead atoms. The molecule has 1 saturated heterocycles. The van der Waals surface area contributed by atoms with E-state index in [0.29, 0.717) is 17.4 Å². The summed E-state index contributed by atoms with van der Waals surface area (Å²) in [6.45, 7) is 5.31. The van der Waals surface area contributed by atoms with E-state index in [4.69, 9.17) is 16.1 Å². The minimum atomic E-state index is -0.0393. The lowest BCUT2D eigenvalue weighted by atomic mass is 9.94. The van der Waals surface area contributed by atoms with Crippen molar-refractivity contribution in [3.63, 3.8) is 0 Å². The van der Waals surface area contributed by atoms with Crippen LogP contribution in [0.15, 0.2) is 10.6 Å². The maximum absolute atomic E-state index is 12.1. The third kappa shape index (κ3) is 2.80. The molecule has 0 aliphatic carbocycles. The molecule has 5 heteroatoms. The van der Waals surface area contributed by atoms with Gasteiger partial charge in [0.05, 0.1) is 0 Å². The fourth-order valence-electron chi connectivity index (χ4n) is 2.19. The summed E-state index contributed by atoms with van der Waals surface area (Å²) in [5, 5.41) is 3.93. The van der Waals surface area contributed by atoms with E-state index >= 15 is 0 Å². The number of carbonyl (C=O) groups is 1. The Balaban J connectivity index is 1.95. The van der Waals surface area contributed by atoms with Crippen LogP contribution in [0.5, 0.6) is 0 Å². The van der Waals surface area contributed by atoms with Crippen LogP contribution >= 0.6 is 11.6 Å². The Kier molecular flexibility index (Phi) is 3.72. The third-order valence-corrected chi connectivity index (χ3v) is 3.68. The number of likely N-dealkylation sites (tertiary alicyclic amines) is 1. The molecule has 17 heavy (non-hydrogen) atoms. The summed E-state index contributed by atoms with van der Waals surface area (Å²) >= 11 is 6.07. The summed E-state index contributed by atoms with van der Waals surface area (Å²) < 4.78 is 4.92. The molecule has 1 aromatic rings. The van der Waals surface area contributed by atoms with Crippen LogP contribution in [0.2, 0.25) is 0 Å². The van der Waals surface area contributed by atoms with Crippen molar-refractivity contribution in [1.29, 1.82) is 0 Å². The molecule has 0 spiro atoms. The number of hydrogen-bond donors (Lipinski definition) is 0. The molecule has 1 unspecified atom stereocenters. The summed E-state index contributed by atoms with van der Waals surface area (Å²) in [5.74, 6) is 1.14. The zero-order valence-electron chi connectivity index (χ0n) is 10.1. The minimum absolute atomic E-state index is 0.0393. The van der Waals surface area contributed by atoms with E-state index < -0.39 is 0 Å². The number of rotatable bonds is 2. The summed E-state index contributed by atoms with van der Waals surface area (Å²) in [6, 6.07) is 1.68. The Bertz CT molecular complexity index is 395. The number of carbonyl (C=O) groups excluding carboxylic acids is 1. The van der Waals surface area contributed by atoms with Gasteiger partial charge in [-0.3, -0.25) is 4.79 Å². The molecule has 4 nitrogen and oxygen atoms in total. The van der Waals surface area contributed by atoms with E-state index in [-0.39, 0.29) is 11.3 Å². The highest BCUT2D eigenvalue weighted by molar-refractivity contribution is 6.20. The highest BCUT2D eigenvalue weighted by Gasteiger charge is 2.27. The van der Waals surface area contributed by atoms with Gasteiger partial charge < -0.3 is 9.42 Å². The average molecular weight is 257 g/mol. The Hall–Kier alpha value is -1.03. The minimum Gasteiger partial charge on any atom is -0.361 e. The van der Waals surface area contributed by atoms with Gasteiger partial charge >= 0.3 is 0 Å². The normalized spacial score (nSPS) is 19.4. The fourth-order valence-corrected chi connectivity index (χ4v) is 2.44. The van der Waals surface area contributed by atoms with Gasteiger partial charge in [-0.15, -0.1) is 11.6 Å². The molecule has 1 atom stereocenters. The zero-order valence-corrected chi connectivity index (χ0v) is 10.9. The molecule has 94 valence electrons. The summed E-state index contributed by atoms with van der Waals surface area (Å²) in [5.41, 5.74) is 0.403. The van der Waals surface area contributed by atoms with E-state index in [2.05, 4.69) is 5.16 Å². The van der Waals surface area contributed by atoms with E-state index in [9.17, 15) is 4.79 Å². The van der Waals surface area contributed by atoms with Crippen molar-refractivity contribution in [2.45, 2.75) is 32.1 Å². The quantitative estimate of drug-likeness (QED) is 0.764. The third-order valence-electron chi connectivity index (χ3n) is 3.32. The lowest BCUT2D eigenvalue weighted by Crippen LogP contribution is -2.40. The van der Waals surface area contributed by atoms with Gasteiger partial charge in [-0.05, 0) is 32.6 Å². The van der Waals surface area contributed by atoms with Gasteiger partial charge in [-0.1, -0.05) is 5.16 Å². The van der Waals surface area contributed by atoms with Crippen LogP contribution < -0.4 is 0 Å². The first-order valence-electron chi connectivity index (χ1n) is 5.94. The van der Waals surface area contributed by atoms with Gasteiger partial charge in [0.25, 0.3) is 5.91 Å². The molecule has 0 N–H and O–H groups in total. The van der Waals surface area contributed by atoms with Crippen molar-refractivity contribution in [3.8, 4) is 0 Å². The van der Waals surface area contributed by atoms with Crippen LogP contribution in [-0.4, -0.2) is 34.4 Å². The molecular formula is C12H17ClN2O2. The Morgan fingerprint density at radius 3 is 2.71 bits per heavy atom. The predicted molar refractivity (Wildman–Crippen MR) is 65.2 cm³/mol. The average Bonchev–Trinajstić information content (AvgIpc) is 2.75. The van der Waals surface area contributed by atoms with Crippen molar-refractivity contribution in [2.75, 3.05) is 13.1 Å². The first-order chi connectivity index (χ1) is 8.08. The summed E-state index contributed by atoms with van der Waals surface area (Å²) in [7, 11) is 0. The monoisotopic (exact) mass is 256 g/mol. The number of nitrogens with zero attached hydrogens (tertiary/aromatic N) is 2. The fraction of sp³-hybridized carbons (Fsp3) is 0.667. The molecule has 1 amide bonds. The summed E-state index contributed by atoms with van der Waals surface area (Å²) in [6.07, 6.45) is 1.93. The second-order valence-electron chi connectivity index (χ2n) is 4.63. The second kappa shape index (κ2) is 5.08. The van der Waals surface area contributed by atoms with Gasteiger partial charge in [0, 0.05) is 24.5 Å². The molecule has 0 saturated carbocycles. The molecule has 0 radical (unpaired) electrons. The lowest BCUT2D eigenvalue weighted by molar-refractivity contribution is 0.0679. The Morgan fingerprint density at radius 1 is 1.59 bits per heavy atom. The first kappa shape index (κ1) is 12.4. The zero-order chi connectivity index (χ0) is 12.4. The topological polar surface area (TPSA) is 46.3 Å². The summed E-state index contributed by atoms with van der Waals surface area (Å²) in [4.78, 5) is 13.9. The van der Waals surface area contributed by atoms with Gasteiger partial charge in [0.2, 0.25) is 0 Å². The standard InChI is InChI=1S/C12H17ClN2O2/c1-8-7-11(14-17-8)12(16)15-5-3-10(4-6-15)9(2)13/h7,9-10H,3-6H2,1-2H3. The van der Waals surface area contributed by atoms with Crippen molar-refractivity contribution < 1.29 is 9.32 Å². The molecule has 1 fully saturated rings. The largest absolute Gasteiger partial charge is 0.361 e. The SMILES string of the molecule is Cc1cc(C(=O)N2CCC(C(C)Cl)CC2)no1. The van der Waals surface area contributed by atoms with Crippen LogP contribution in [0, 0.1) is 12.8 Å². The van der Waals surface area contributed by atoms with Crippen LogP contribution in [0.25, 0.3) is 0 Å². The number of halogens is 1. The second-order valence-corrected chi connectivity index (χ2v) is 5.32. The molecule has 2 rings (SSSR count). The van der Waals surface area contributed by atoms with Crippen LogP contribution in [0.4, 0.5) is 0 Å². The first-order valence-corrected chi connectivity index (χ1v) is 6.38. The van der Waals surface area contributed by atoms with E-state index in [1.165, 1.54) is 0 Å². The number of aryl methyl sites for hydroxylation is 1. The number of hydrogen-bond acceptors (Lipinski definition) is 3. The van der Waals surface area contributed by atoms with Gasteiger partial charge in [-0.2, -0.15) is 0 Å². The highest BCUT2D eigenvalue weighted by Crippen LogP contribution is 2.24. The van der Waals surface area contributed by atoms with E-state index in [1.54, 1.807) is 13.0 Å². The lowest BCUT2D eigenvalue weighted by Gasteiger charge is -2.32. The highest BCUT2D eigenvalue weighted by atomic mass is 35.5. The molecule has 1 aromatic heterocycles. The Morgan fingerprint density at radius 2 is 2.24 bits per heavy atom. The van der Waals surface area contributed by atoms with Crippen LogP contribution in [-0.2, 0) is 0 Å². The number of piperidine rings is 1. The Labute approximate surface area is 106 Å².